The number of ether oxygens (including phenoxy) is 1. The molecule has 0 heterocycles. The van der Waals surface area contributed by atoms with Gasteiger partial charge in [0.1, 0.15) is 5.60 Å². The Morgan fingerprint density at radius 2 is 1.93 bits per heavy atom. The molecule has 0 amide bonds. The van der Waals surface area contributed by atoms with Crippen molar-refractivity contribution in [2.45, 2.75) is 26.4 Å². The summed E-state index contributed by atoms with van der Waals surface area (Å²) in [6, 6.07) is 7.72. The summed E-state index contributed by atoms with van der Waals surface area (Å²) in [7, 11) is 0. The van der Waals surface area contributed by atoms with Crippen LogP contribution in [0.2, 0.25) is 0 Å². The second kappa shape index (κ2) is 4.13. The lowest BCUT2D eigenvalue weighted by atomic mass is 9.98. The average Bonchev–Trinajstić information content (AvgIpc) is 2.02. The monoisotopic (exact) mass is 256 g/mol. The Kier molecular flexibility index (Phi) is 3.32. The first-order chi connectivity index (χ1) is 6.43. The fourth-order valence-electron chi connectivity index (χ4n) is 1.36. The van der Waals surface area contributed by atoms with Crippen molar-refractivity contribution in [3.63, 3.8) is 0 Å². The number of halogens is 1. The van der Waals surface area contributed by atoms with Gasteiger partial charge >= 0.3 is 5.97 Å². The van der Waals surface area contributed by atoms with Crippen LogP contribution in [0, 0.1) is 0 Å². The number of hydrogen-bond acceptors (Lipinski definition) is 2. The van der Waals surface area contributed by atoms with Gasteiger partial charge in [-0.25, -0.2) is 0 Å². The lowest BCUT2D eigenvalue weighted by Gasteiger charge is -2.25. The average molecular weight is 257 g/mol. The van der Waals surface area contributed by atoms with E-state index in [4.69, 9.17) is 4.74 Å². The minimum absolute atomic E-state index is 0.272. The number of rotatable bonds is 2. The molecule has 1 aromatic rings. The van der Waals surface area contributed by atoms with Gasteiger partial charge in [0.05, 0.1) is 0 Å². The summed E-state index contributed by atoms with van der Waals surface area (Å²) in [5.41, 5.74) is 0.376. The highest BCUT2D eigenvalue weighted by atomic mass is 79.9. The molecule has 2 nitrogen and oxygen atoms in total. The molecule has 14 heavy (non-hydrogen) atoms. The van der Waals surface area contributed by atoms with E-state index < -0.39 is 5.60 Å². The van der Waals surface area contributed by atoms with Gasteiger partial charge in [0.25, 0.3) is 0 Å². The molecule has 3 heteroatoms. The third kappa shape index (κ3) is 2.58. The van der Waals surface area contributed by atoms with E-state index in [0.717, 1.165) is 10.0 Å². The van der Waals surface area contributed by atoms with Gasteiger partial charge in [-0.3, -0.25) is 4.79 Å². The zero-order valence-corrected chi connectivity index (χ0v) is 10.1. The van der Waals surface area contributed by atoms with Crippen molar-refractivity contribution >= 4 is 21.9 Å². The first kappa shape index (κ1) is 11.2. The Bertz CT molecular complexity index is 345. The molecule has 0 spiro atoms. The molecule has 0 aliphatic heterocycles. The smallest absolute Gasteiger partial charge is 0.303 e. The normalized spacial score (nSPS) is 11.1. The summed E-state index contributed by atoms with van der Waals surface area (Å²) in [4.78, 5) is 10.9. The van der Waals surface area contributed by atoms with Gasteiger partial charge in [-0.1, -0.05) is 34.1 Å². The first-order valence-corrected chi connectivity index (χ1v) is 5.17. The molecular weight excluding hydrogens is 244 g/mol. The van der Waals surface area contributed by atoms with Gasteiger partial charge in [0.15, 0.2) is 0 Å². The van der Waals surface area contributed by atoms with Crippen LogP contribution in [0.4, 0.5) is 0 Å². The molecule has 0 N–H and O–H groups in total. The highest BCUT2D eigenvalue weighted by Crippen LogP contribution is 2.30. The van der Waals surface area contributed by atoms with Gasteiger partial charge in [-0.15, -0.1) is 0 Å². The van der Waals surface area contributed by atoms with E-state index in [2.05, 4.69) is 15.9 Å². The number of carbonyl (C=O) groups is 1. The summed E-state index contributed by atoms with van der Waals surface area (Å²) in [5.74, 6) is -0.272. The second-order valence-corrected chi connectivity index (χ2v) is 4.44. The standard InChI is InChI=1S/C11H13BrO2/c1-8(13)14-11(2,3)9-6-4-5-7-10(9)12/h4-7H,1-3H3. The summed E-state index contributed by atoms with van der Waals surface area (Å²) in [5, 5.41) is 0. The van der Waals surface area contributed by atoms with Crippen molar-refractivity contribution in [3.8, 4) is 0 Å². The van der Waals surface area contributed by atoms with E-state index in [-0.39, 0.29) is 5.97 Å². The zero-order valence-electron chi connectivity index (χ0n) is 8.50. The number of hydrogen-bond donors (Lipinski definition) is 0. The van der Waals surface area contributed by atoms with Gasteiger partial charge in [-0.05, 0) is 19.9 Å². The maximum absolute atomic E-state index is 10.9. The van der Waals surface area contributed by atoms with E-state index >= 15 is 0 Å². The molecule has 76 valence electrons. The highest BCUT2D eigenvalue weighted by molar-refractivity contribution is 9.10. The molecule has 0 atom stereocenters. The van der Waals surface area contributed by atoms with Crippen molar-refractivity contribution in [1.29, 1.82) is 0 Å². The minimum Gasteiger partial charge on any atom is -0.455 e. The molecule has 0 saturated heterocycles. The van der Waals surface area contributed by atoms with E-state index in [9.17, 15) is 4.79 Å². The maximum atomic E-state index is 10.9. The third-order valence-electron chi connectivity index (χ3n) is 1.92. The second-order valence-electron chi connectivity index (χ2n) is 3.58. The van der Waals surface area contributed by atoms with Crippen molar-refractivity contribution in [1.82, 2.24) is 0 Å². The zero-order chi connectivity index (χ0) is 10.8. The fraction of sp³-hybridized carbons (Fsp3) is 0.364. The van der Waals surface area contributed by atoms with Crippen molar-refractivity contribution in [3.05, 3.63) is 34.3 Å². The molecule has 0 radical (unpaired) electrons. The topological polar surface area (TPSA) is 26.3 Å². The van der Waals surface area contributed by atoms with Gasteiger partial charge in [0, 0.05) is 17.0 Å². The van der Waals surface area contributed by atoms with Crippen LogP contribution in [0.15, 0.2) is 28.7 Å². The molecule has 0 fully saturated rings. The van der Waals surface area contributed by atoms with Crippen LogP contribution in [0.25, 0.3) is 0 Å². The SMILES string of the molecule is CC(=O)OC(C)(C)c1ccccc1Br. The molecule has 0 bridgehead atoms. The Morgan fingerprint density at radius 3 is 2.43 bits per heavy atom. The molecule has 0 unspecified atom stereocenters. The van der Waals surface area contributed by atoms with Crippen LogP contribution in [0.3, 0.4) is 0 Å². The molecule has 1 rings (SSSR count). The lowest BCUT2D eigenvalue weighted by molar-refractivity contribution is -0.154. The third-order valence-corrected chi connectivity index (χ3v) is 2.61. The minimum atomic E-state index is -0.591. The molecule has 0 aromatic heterocycles. The Hall–Kier alpha value is -0.830. The van der Waals surface area contributed by atoms with E-state index in [0.29, 0.717) is 0 Å². The summed E-state index contributed by atoms with van der Waals surface area (Å²) in [6.07, 6.45) is 0. The number of esters is 1. The van der Waals surface area contributed by atoms with Crippen molar-refractivity contribution in [2.24, 2.45) is 0 Å². The van der Waals surface area contributed by atoms with Crippen LogP contribution >= 0.6 is 15.9 Å². The molecule has 0 saturated carbocycles. The van der Waals surface area contributed by atoms with Crippen LogP contribution in [0.1, 0.15) is 26.3 Å². The van der Waals surface area contributed by atoms with Crippen LogP contribution < -0.4 is 0 Å². The Balaban J connectivity index is 3.03. The Labute approximate surface area is 92.4 Å². The van der Waals surface area contributed by atoms with Crippen LogP contribution in [-0.2, 0) is 15.1 Å². The van der Waals surface area contributed by atoms with Gasteiger partial charge in [-0.2, -0.15) is 0 Å². The number of carbonyl (C=O) groups excluding carboxylic acids is 1. The molecular formula is C11H13BrO2. The largest absolute Gasteiger partial charge is 0.455 e. The fourth-order valence-corrected chi connectivity index (χ4v) is 2.13. The Morgan fingerprint density at radius 1 is 1.36 bits per heavy atom. The summed E-state index contributed by atoms with van der Waals surface area (Å²) < 4.78 is 6.19. The predicted octanol–water partition coefficient (Wildman–Crippen LogP) is 3.25. The quantitative estimate of drug-likeness (QED) is 0.760. The molecule has 1 aromatic carbocycles. The molecule has 0 aliphatic rings. The lowest BCUT2D eigenvalue weighted by Crippen LogP contribution is -2.24. The van der Waals surface area contributed by atoms with Crippen LogP contribution in [0.5, 0.6) is 0 Å². The van der Waals surface area contributed by atoms with E-state index in [1.54, 1.807) is 0 Å². The number of benzene rings is 1. The predicted molar refractivity (Wildman–Crippen MR) is 58.9 cm³/mol. The summed E-state index contributed by atoms with van der Waals surface area (Å²) >= 11 is 3.43. The molecule has 0 aliphatic carbocycles. The van der Waals surface area contributed by atoms with E-state index in [1.807, 2.05) is 38.1 Å². The van der Waals surface area contributed by atoms with Crippen molar-refractivity contribution < 1.29 is 9.53 Å². The van der Waals surface area contributed by atoms with E-state index in [1.165, 1.54) is 6.92 Å². The van der Waals surface area contributed by atoms with Crippen molar-refractivity contribution in [2.75, 3.05) is 0 Å². The first-order valence-electron chi connectivity index (χ1n) is 4.38. The van der Waals surface area contributed by atoms with Crippen LogP contribution in [-0.4, -0.2) is 5.97 Å². The van der Waals surface area contributed by atoms with Gasteiger partial charge < -0.3 is 4.74 Å². The summed E-state index contributed by atoms with van der Waals surface area (Å²) in [6.45, 7) is 5.15. The maximum Gasteiger partial charge on any atom is 0.303 e. The van der Waals surface area contributed by atoms with Gasteiger partial charge in [0.2, 0.25) is 0 Å². The highest BCUT2D eigenvalue weighted by Gasteiger charge is 2.25.